The van der Waals surface area contributed by atoms with Gasteiger partial charge in [-0.25, -0.2) is 0 Å². The van der Waals surface area contributed by atoms with E-state index in [0.29, 0.717) is 12.1 Å². The first-order chi connectivity index (χ1) is 14.3. The average Bonchev–Trinajstić information content (AvgIpc) is 2.96. The third-order valence-electron chi connectivity index (χ3n) is 5.49. The van der Waals surface area contributed by atoms with Crippen molar-refractivity contribution in [3.05, 3.63) is 29.3 Å². The molecular weight excluding hydrogens is 388 g/mol. The monoisotopic (exact) mass is 414 g/mol. The number of imide groups is 2. The minimum atomic E-state index is -1.04. The number of rotatable bonds is 9. The predicted molar refractivity (Wildman–Crippen MR) is 108 cm³/mol. The molecule has 2 heterocycles. The van der Waals surface area contributed by atoms with Gasteiger partial charge in [-0.15, -0.1) is 0 Å². The maximum absolute atomic E-state index is 13.1. The Kier molecular flexibility index (Phi) is 6.49. The molecule has 2 aliphatic heterocycles. The Bertz CT molecular complexity index is 897. The number of fused-ring (bicyclic) bond motifs is 1. The van der Waals surface area contributed by atoms with E-state index < -0.39 is 41.6 Å². The maximum Gasteiger partial charge on any atom is 0.264 e. The molecule has 0 spiro atoms. The molecule has 1 aromatic carbocycles. The van der Waals surface area contributed by atoms with Crippen LogP contribution >= 0.6 is 0 Å². The molecule has 1 aromatic rings. The van der Waals surface area contributed by atoms with Crippen molar-refractivity contribution < 1.29 is 24.0 Å². The molecule has 1 saturated heterocycles. The van der Waals surface area contributed by atoms with Gasteiger partial charge in [0, 0.05) is 12.1 Å². The summed E-state index contributed by atoms with van der Waals surface area (Å²) in [4.78, 5) is 62.4. The minimum Gasteiger partial charge on any atom is -0.373 e. The Morgan fingerprint density at radius 2 is 1.97 bits per heavy atom. The van der Waals surface area contributed by atoms with Crippen LogP contribution in [-0.4, -0.2) is 46.5 Å². The van der Waals surface area contributed by atoms with Crippen LogP contribution in [0, 0.1) is 0 Å². The molecule has 0 aromatic heterocycles. The normalized spacial score (nSPS) is 19.5. The van der Waals surface area contributed by atoms with E-state index in [1.807, 2.05) is 0 Å². The Balaban J connectivity index is 1.83. The maximum atomic E-state index is 13.1. The van der Waals surface area contributed by atoms with E-state index in [9.17, 15) is 24.0 Å². The molecule has 9 nitrogen and oxygen atoms in total. The van der Waals surface area contributed by atoms with Crippen LogP contribution in [0.2, 0.25) is 0 Å². The number of benzene rings is 1. The number of nitrogens with one attached hydrogen (secondary N) is 2. The molecule has 0 saturated carbocycles. The highest BCUT2D eigenvalue weighted by Gasteiger charge is 2.45. The van der Waals surface area contributed by atoms with Crippen LogP contribution in [-0.2, 0) is 14.4 Å². The molecule has 2 aliphatic rings. The van der Waals surface area contributed by atoms with Crippen molar-refractivity contribution in [2.24, 2.45) is 5.73 Å². The molecule has 2 atom stereocenters. The fourth-order valence-corrected chi connectivity index (χ4v) is 3.88. The summed E-state index contributed by atoms with van der Waals surface area (Å²) in [5, 5.41) is 5.19. The number of unbranched alkanes of at least 4 members (excludes halogenated alkanes) is 3. The molecule has 0 aliphatic carbocycles. The summed E-state index contributed by atoms with van der Waals surface area (Å²) >= 11 is 0. The number of piperidine rings is 1. The fourth-order valence-electron chi connectivity index (χ4n) is 3.88. The second-order valence-corrected chi connectivity index (χ2v) is 7.62. The molecular formula is C21H26N4O5. The number of carbonyl (C=O) groups excluding carboxylic acids is 5. The molecule has 160 valence electrons. The number of carbonyl (C=O) groups is 5. The molecule has 4 N–H and O–H groups in total. The molecule has 1 fully saturated rings. The van der Waals surface area contributed by atoms with E-state index in [4.69, 9.17) is 5.73 Å². The number of nitrogens with two attached hydrogens (primary N) is 1. The molecule has 5 amide bonds. The summed E-state index contributed by atoms with van der Waals surface area (Å²) < 4.78 is 0. The Morgan fingerprint density at radius 3 is 2.63 bits per heavy atom. The second kappa shape index (κ2) is 9.06. The number of primary amides is 1. The van der Waals surface area contributed by atoms with Gasteiger partial charge in [0.25, 0.3) is 11.8 Å². The zero-order valence-corrected chi connectivity index (χ0v) is 16.9. The molecule has 2 unspecified atom stereocenters. The summed E-state index contributed by atoms with van der Waals surface area (Å²) in [6, 6.07) is 3.01. The van der Waals surface area contributed by atoms with Crippen molar-refractivity contribution in [1.29, 1.82) is 0 Å². The van der Waals surface area contributed by atoms with Crippen LogP contribution in [0.25, 0.3) is 0 Å². The highest BCUT2D eigenvalue weighted by Crippen LogP contribution is 2.33. The summed E-state index contributed by atoms with van der Waals surface area (Å²) in [7, 11) is 0. The van der Waals surface area contributed by atoms with Crippen LogP contribution < -0.4 is 16.4 Å². The van der Waals surface area contributed by atoms with E-state index in [1.165, 1.54) is 6.07 Å². The SMILES string of the molecule is CCCCCCC(Nc1cccc2c1C(=O)N(C1CCC(=O)NC1=O)C2=O)C(N)=O. The van der Waals surface area contributed by atoms with Crippen LogP contribution in [0.4, 0.5) is 5.69 Å². The third kappa shape index (κ3) is 4.19. The van der Waals surface area contributed by atoms with Crippen molar-refractivity contribution in [3.8, 4) is 0 Å². The number of hydrogen-bond donors (Lipinski definition) is 3. The Morgan fingerprint density at radius 1 is 1.20 bits per heavy atom. The van der Waals surface area contributed by atoms with Crippen LogP contribution in [0.15, 0.2) is 18.2 Å². The van der Waals surface area contributed by atoms with Gasteiger partial charge in [-0.2, -0.15) is 0 Å². The number of nitrogens with zero attached hydrogens (tertiary/aromatic N) is 1. The zero-order chi connectivity index (χ0) is 21.8. The van der Waals surface area contributed by atoms with Gasteiger partial charge < -0.3 is 11.1 Å². The van der Waals surface area contributed by atoms with Crippen LogP contribution in [0.1, 0.15) is 72.6 Å². The number of hydrogen-bond acceptors (Lipinski definition) is 6. The van der Waals surface area contributed by atoms with Gasteiger partial charge in [0.15, 0.2) is 0 Å². The third-order valence-corrected chi connectivity index (χ3v) is 5.49. The highest BCUT2D eigenvalue weighted by molar-refractivity contribution is 6.25. The lowest BCUT2D eigenvalue weighted by Crippen LogP contribution is -2.54. The van der Waals surface area contributed by atoms with Crippen molar-refractivity contribution in [3.63, 3.8) is 0 Å². The van der Waals surface area contributed by atoms with Crippen molar-refractivity contribution in [2.45, 2.75) is 64.0 Å². The van der Waals surface area contributed by atoms with Gasteiger partial charge in [-0.05, 0) is 25.0 Å². The number of amides is 5. The van der Waals surface area contributed by atoms with E-state index >= 15 is 0 Å². The zero-order valence-electron chi connectivity index (χ0n) is 16.9. The van der Waals surface area contributed by atoms with Gasteiger partial charge in [-0.3, -0.25) is 34.2 Å². The van der Waals surface area contributed by atoms with E-state index in [-0.39, 0.29) is 24.0 Å². The predicted octanol–water partition coefficient (Wildman–Crippen LogP) is 1.32. The Labute approximate surface area is 174 Å². The molecule has 30 heavy (non-hydrogen) atoms. The number of anilines is 1. The molecule has 9 heteroatoms. The summed E-state index contributed by atoms with van der Waals surface area (Å²) in [6.07, 6.45) is 4.54. The van der Waals surface area contributed by atoms with Gasteiger partial charge in [0.2, 0.25) is 17.7 Å². The van der Waals surface area contributed by atoms with Gasteiger partial charge >= 0.3 is 0 Å². The Hall–Kier alpha value is -3.23. The first-order valence-corrected chi connectivity index (χ1v) is 10.3. The van der Waals surface area contributed by atoms with Gasteiger partial charge in [0.05, 0.1) is 11.1 Å². The lowest BCUT2D eigenvalue weighted by Gasteiger charge is -2.28. The van der Waals surface area contributed by atoms with E-state index in [2.05, 4.69) is 17.6 Å². The topological polar surface area (TPSA) is 139 Å². The fraction of sp³-hybridized carbons (Fsp3) is 0.476. The largest absolute Gasteiger partial charge is 0.373 e. The standard InChI is InChI=1S/C21H26N4O5/c1-2-3-4-5-8-14(18(22)27)23-13-9-6-7-12-17(13)21(30)25(20(12)29)15-10-11-16(26)24-19(15)28/h6-7,9,14-15,23H,2-5,8,10-11H2,1H3,(H2,22,27)(H,24,26,28). The quantitative estimate of drug-likeness (QED) is 0.411. The average molecular weight is 414 g/mol. The highest BCUT2D eigenvalue weighted by atomic mass is 16.2. The summed E-state index contributed by atoms with van der Waals surface area (Å²) in [6.45, 7) is 2.09. The van der Waals surface area contributed by atoms with E-state index in [1.54, 1.807) is 12.1 Å². The first-order valence-electron chi connectivity index (χ1n) is 10.3. The molecule has 0 radical (unpaired) electrons. The van der Waals surface area contributed by atoms with Crippen molar-refractivity contribution in [1.82, 2.24) is 10.2 Å². The van der Waals surface area contributed by atoms with Crippen LogP contribution in [0.3, 0.4) is 0 Å². The summed E-state index contributed by atoms with van der Waals surface area (Å²) in [5.74, 6) is -2.85. The molecule has 3 rings (SSSR count). The lowest BCUT2D eigenvalue weighted by molar-refractivity contribution is -0.136. The van der Waals surface area contributed by atoms with Crippen molar-refractivity contribution in [2.75, 3.05) is 5.32 Å². The first kappa shape index (κ1) is 21.5. The minimum absolute atomic E-state index is 0.0520. The van der Waals surface area contributed by atoms with Crippen LogP contribution in [0.5, 0.6) is 0 Å². The smallest absolute Gasteiger partial charge is 0.264 e. The second-order valence-electron chi connectivity index (χ2n) is 7.62. The van der Waals surface area contributed by atoms with Crippen molar-refractivity contribution >= 4 is 35.2 Å². The summed E-state index contributed by atoms with van der Waals surface area (Å²) in [5.41, 5.74) is 6.14. The lowest BCUT2D eigenvalue weighted by atomic mass is 10.0. The van der Waals surface area contributed by atoms with Gasteiger partial charge in [-0.1, -0.05) is 38.7 Å². The van der Waals surface area contributed by atoms with Gasteiger partial charge in [0.1, 0.15) is 12.1 Å². The molecule has 0 bridgehead atoms. The van der Waals surface area contributed by atoms with E-state index in [0.717, 1.165) is 30.6 Å².